The molecule has 0 heterocycles. The van der Waals surface area contributed by atoms with Gasteiger partial charge in [0.25, 0.3) is 0 Å². The van der Waals surface area contributed by atoms with Gasteiger partial charge in [0.1, 0.15) is 5.75 Å². The van der Waals surface area contributed by atoms with Crippen molar-refractivity contribution in [3.63, 3.8) is 0 Å². The molecule has 2 rings (SSSR count). The molecule has 1 aromatic rings. The first-order valence-electron chi connectivity index (χ1n) is 6.52. The molecule has 4 nitrogen and oxygen atoms in total. The molecule has 0 atom stereocenters. The van der Waals surface area contributed by atoms with Crippen molar-refractivity contribution in [3.8, 4) is 5.75 Å². The first-order valence-corrected chi connectivity index (χ1v) is 6.52. The zero-order chi connectivity index (χ0) is 14.0. The van der Waals surface area contributed by atoms with Gasteiger partial charge >= 0.3 is 5.97 Å². The van der Waals surface area contributed by atoms with Gasteiger partial charge in [-0.05, 0) is 32.9 Å². The molecule has 1 aliphatic rings. The van der Waals surface area contributed by atoms with Crippen molar-refractivity contribution in [2.75, 3.05) is 20.7 Å². The van der Waals surface area contributed by atoms with Crippen molar-refractivity contribution >= 4 is 5.97 Å². The number of nitrogens with zero attached hydrogens (tertiary/aromatic N) is 1. The van der Waals surface area contributed by atoms with Gasteiger partial charge in [-0.2, -0.15) is 0 Å². The summed E-state index contributed by atoms with van der Waals surface area (Å²) in [6.07, 6.45) is 1.58. The predicted molar refractivity (Wildman–Crippen MR) is 73.4 cm³/mol. The lowest BCUT2D eigenvalue weighted by atomic mass is 10.1. The number of methoxy groups -OCH3 is 1. The van der Waals surface area contributed by atoms with E-state index in [9.17, 15) is 9.90 Å². The van der Waals surface area contributed by atoms with Crippen LogP contribution in [0.5, 0.6) is 5.75 Å². The Kier molecular flexibility index (Phi) is 3.80. The lowest BCUT2D eigenvalue weighted by Gasteiger charge is -2.22. The summed E-state index contributed by atoms with van der Waals surface area (Å²) in [5.41, 5.74) is 1.78. The van der Waals surface area contributed by atoms with E-state index in [1.807, 2.05) is 26.1 Å². The summed E-state index contributed by atoms with van der Waals surface area (Å²) in [6, 6.07) is 6.07. The molecule has 1 fully saturated rings. The van der Waals surface area contributed by atoms with Gasteiger partial charge in [0.2, 0.25) is 0 Å². The number of carboxylic acids is 1. The first-order chi connectivity index (χ1) is 8.97. The van der Waals surface area contributed by atoms with E-state index in [0.29, 0.717) is 13.1 Å². The molecule has 1 N–H and O–H groups in total. The predicted octanol–water partition coefficient (Wildman–Crippen LogP) is 2.30. The van der Waals surface area contributed by atoms with E-state index in [1.54, 1.807) is 7.11 Å². The number of carboxylic acid groups (broad SMARTS) is 1. The molecule has 0 saturated heterocycles. The summed E-state index contributed by atoms with van der Waals surface area (Å²) in [7, 11) is 3.62. The third kappa shape index (κ3) is 3.07. The number of hydrogen-bond donors (Lipinski definition) is 1. The van der Waals surface area contributed by atoms with Gasteiger partial charge in [0.05, 0.1) is 12.5 Å². The van der Waals surface area contributed by atoms with Crippen LogP contribution in [0, 0.1) is 12.3 Å². The van der Waals surface area contributed by atoms with Crippen LogP contribution in [0.3, 0.4) is 0 Å². The van der Waals surface area contributed by atoms with E-state index in [2.05, 4.69) is 11.0 Å². The van der Waals surface area contributed by atoms with Crippen LogP contribution in [0.4, 0.5) is 0 Å². The molecule has 1 aliphatic carbocycles. The second-order valence-corrected chi connectivity index (χ2v) is 5.57. The van der Waals surface area contributed by atoms with Gasteiger partial charge in [-0.25, -0.2) is 0 Å². The summed E-state index contributed by atoms with van der Waals surface area (Å²) < 4.78 is 5.35. The molecular formula is C15H21NO3. The number of carbonyl (C=O) groups is 1. The van der Waals surface area contributed by atoms with Gasteiger partial charge in [0, 0.05) is 18.7 Å². The summed E-state index contributed by atoms with van der Waals surface area (Å²) in [5, 5.41) is 9.21. The highest BCUT2D eigenvalue weighted by atomic mass is 16.5. The maximum Gasteiger partial charge on any atom is 0.310 e. The fourth-order valence-electron chi connectivity index (χ4n) is 2.48. The molecule has 0 bridgehead atoms. The maximum absolute atomic E-state index is 11.2. The lowest BCUT2D eigenvalue weighted by Crippen LogP contribution is -2.31. The second kappa shape index (κ2) is 5.21. The largest absolute Gasteiger partial charge is 0.496 e. The van der Waals surface area contributed by atoms with Gasteiger partial charge in [0.15, 0.2) is 0 Å². The van der Waals surface area contributed by atoms with Crippen LogP contribution < -0.4 is 4.74 Å². The minimum Gasteiger partial charge on any atom is -0.496 e. The Morgan fingerprint density at radius 2 is 2.16 bits per heavy atom. The van der Waals surface area contributed by atoms with E-state index >= 15 is 0 Å². The normalized spacial score (nSPS) is 16.4. The number of ether oxygens (including phenoxy) is 1. The van der Waals surface area contributed by atoms with Gasteiger partial charge in [-0.1, -0.05) is 17.7 Å². The molecule has 4 heteroatoms. The first kappa shape index (κ1) is 13.9. The Hall–Kier alpha value is -1.55. The van der Waals surface area contributed by atoms with E-state index in [4.69, 9.17) is 4.74 Å². The third-order valence-electron chi connectivity index (χ3n) is 3.76. The molecular weight excluding hydrogens is 242 g/mol. The minimum atomic E-state index is -0.671. The molecule has 19 heavy (non-hydrogen) atoms. The Morgan fingerprint density at radius 3 is 2.68 bits per heavy atom. The zero-order valence-electron chi connectivity index (χ0n) is 11.8. The Bertz CT molecular complexity index is 480. The van der Waals surface area contributed by atoms with Gasteiger partial charge in [-0.3, -0.25) is 4.79 Å². The Morgan fingerprint density at radius 1 is 1.47 bits per heavy atom. The van der Waals surface area contributed by atoms with Crippen LogP contribution in [0.25, 0.3) is 0 Å². The van der Waals surface area contributed by atoms with Crippen molar-refractivity contribution in [1.29, 1.82) is 0 Å². The molecule has 0 amide bonds. The average molecular weight is 263 g/mol. The zero-order valence-corrected chi connectivity index (χ0v) is 11.8. The topological polar surface area (TPSA) is 49.8 Å². The molecule has 1 aromatic carbocycles. The number of benzene rings is 1. The fraction of sp³-hybridized carbons (Fsp3) is 0.533. The SMILES string of the molecule is COc1ccc(C)cc1CN(C)CC1(C(=O)O)CC1. The Labute approximate surface area is 114 Å². The standard InChI is InChI=1S/C15H21NO3/c1-11-4-5-13(19-3)12(8-11)9-16(2)10-15(6-7-15)14(17)18/h4-5,8H,6-7,9-10H2,1-3H3,(H,17,18). The molecule has 1 saturated carbocycles. The number of rotatable bonds is 6. The second-order valence-electron chi connectivity index (χ2n) is 5.57. The molecule has 0 aliphatic heterocycles. The maximum atomic E-state index is 11.2. The quantitative estimate of drug-likeness (QED) is 0.855. The van der Waals surface area contributed by atoms with Gasteiger partial charge in [-0.15, -0.1) is 0 Å². The molecule has 0 radical (unpaired) electrons. The minimum absolute atomic E-state index is 0.508. The van der Waals surface area contributed by atoms with Crippen LogP contribution >= 0.6 is 0 Å². The van der Waals surface area contributed by atoms with Crippen molar-refractivity contribution in [2.45, 2.75) is 26.3 Å². The fourth-order valence-corrected chi connectivity index (χ4v) is 2.48. The number of aryl methyl sites for hydroxylation is 1. The van der Waals surface area contributed by atoms with Crippen molar-refractivity contribution < 1.29 is 14.6 Å². The van der Waals surface area contributed by atoms with Crippen LogP contribution in [0.1, 0.15) is 24.0 Å². The molecule has 0 spiro atoms. The van der Waals surface area contributed by atoms with E-state index in [-0.39, 0.29) is 0 Å². The monoisotopic (exact) mass is 263 g/mol. The van der Waals surface area contributed by atoms with Crippen molar-refractivity contribution in [1.82, 2.24) is 4.90 Å². The van der Waals surface area contributed by atoms with Crippen LogP contribution in [-0.2, 0) is 11.3 Å². The third-order valence-corrected chi connectivity index (χ3v) is 3.76. The molecule has 0 unspecified atom stereocenters. The number of hydrogen-bond acceptors (Lipinski definition) is 3. The smallest absolute Gasteiger partial charge is 0.310 e. The van der Waals surface area contributed by atoms with Crippen LogP contribution in [-0.4, -0.2) is 36.7 Å². The molecule has 104 valence electrons. The van der Waals surface area contributed by atoms with E-state index in [1.165, 1.54) is 5.56 Å². The number of aliphatic carboxylic acids is 1. The lowest BCUT2D eigenvalue weighted by molar-refractivity contribution is -0.144. The average Bonchev–Trinajstić information content (AvgIpc) is 3.10. The highest BCUT2D eigenvalue weighted by Gasteiger charge is 2.50. The highest BCUT2D eigenvalue weighted by molar-refractivity contribution is 5.78. The molecule has 0 aromatic heterocycles. The van der Waals surface area contributed by atoms with E-state index < -0.39 is 11.4 Å². The highest BCUT2D eigenvalue weighted by Crippen LogP contribution is 2.46. The van der Waals surface area contributed by atoms with Crippen LogP contribution in [0.15, 0.2) is 18.2 Å². The van der Waals surface area contributed by atoms with E-state index in [0.717, 1.165) is 24.2 Å². The van der Waals surface area contributed by atoms with Crippen molar-refractivity contribution in [2.24, 2.45) is 5.41 Å². The van der Waals surface area contributed by atoms with Gasteiger partial charge < -0.3 is 14.7 Å². The summed E-state index contributed by atoms with van der Waals surface area (Å²) in [4.78, 5) is 13.3. The summed E-state index contributed by atoms with van der Waals surface area (Å²) in [6.45, 7) is 3.35. The summed E-state index contributed by atoms with van der Waals surface area (Å²) >= 11 is 0. The Balaban J connectivity index is 2.05. The van der Waals surface area contributed by atoms with Crippen LogP contribution in [0.2, 0.25) is 0 Å². The summed E-state index contributed by atoms with van der Waals surface area (Å²) in [5.74, 6) is 0.188. The van der Waals surface area contributed by atoms with Crippen molar-refractivity contribution in [3.05, 3.63) is 29.3 Å².